The summed E-state index contributed by atoms with van der Waals surface area (Å²) in [6.07, 6.45) is 5.24. The quantitative estimate of drug-likeness (QED) is 0.306. The maximum absolute atomic E-state index is 10.7. The van der Waals surface area contributed by atoms with Crippen LogP contribution in [0.3, 0.4) is 0 Å². The first kappa shape index (κ1) is 28.1. The molecule has 0 spiro atoms. The molecule has 2 aromatic carbocycles. The number of oxazole rings is 1. The molecule has 35 heavy (non-hydrogen) atoms. The maximum Gasteiger partial charge on any atom is 0.141 e. The normalized spacial score (nSPS) is 28.2. The fourth-order valence-corrected chi connectivity index (χ4v) is 6.17. The predicted molar refractivity (Wildman–Crippen MR) is 137 cm³/mol. The summed E-state index contributed by atoms with van der Waals surface area (Å²) >= 11 is 0. The van der Waals surface area contributed by atoms with Crippen molar-refractivity contribution in [3.63, 3.8) is 0 Å². The molecule has 2 saturated carbocycles. The Morgan fingerprint density at radius 2 is 1.66 bits per heavy atom. The Hall–Kier alpha value is -1.52. The first-order valence-corrected chi connectivity index (χ1v) is 13.0. The summed E-state index contributed by atoms with van der Waals surface area (Å²) in [6.45, 7) is 8.87. The van der Waals surface area contributed by atoms with Gasteiger partial charge in [-0.15, -0.1) is 30.3 Å². The van der Waals surface area contributed by atoms with Gasteiger partial charge in [0.1, 0.15) is 11.5 Å². The summed E-state index contributed by atoms with van der Waals surface area (Å²) < 4.78 is 5.61. The van der Waals surface area contributed by atoms with Crippen LogP contribution in [-0.4, -0.2) is 27.4 Å². The van der Waals surface area contributed by atoms with Crippen molar-refractivity contribution in [2.24, 2.45) is 35.5 Å². The van der Waals surface area contributed by atoms with E-state index in [1.54, 1.807) is 0 Å². The third kappa shape index (κ3) is 6.63. The second kappa shape index (κ2) is 12.6. The van der Waals surface area contributed by atoms with E-state index in [2.05, 4.69) is 38.7 Å². The number of nitrogens with zero attached hydrogens (tertiary/aromatic N) is 1. The first-order valence-electron chi connectivity index (χ1n) is 13.0. The number of para-hydroxylation sites is 2. The van der Waals surface area contributed by atoms with Crippen LogP contribution in [0.2, 0.25) is 0 Å². The number of aliphatic hydroxyl groups excluding tert-OH is 2. The van der Waals surface area contributed by atoms with Crippen molar-refractivity contribution < 1.29 is 34.7 Å². The fourth-order valence-electron chi connectivity index (χ4n) is 6.17. The van der Waals surface area contributed by atoms with Crippen LogP contribution < -0.4 is 0 Å². The van der Waals surface area contributed by atoms with E-state index < -0.39 is 0 Å². The summed E-state index contributed by atoms with van der Waals surface area (Å²) in [4.78, 5) is 4.39. The molecule has 4 nitrogen and oxygen atoms in total. The molecule has 6 atom stereocenters. The summed E-state index contributed by atoms with van der Waals surface area (Å²) in [5.74, 6) is 3.26. The summed E-state index contributed by atoms with van der Waals surface area (Å²) in [6, 6.07) is 18.5. The van der Waals surface area contributed by atoms with Gasteiger partial charge in [-0.1, -0.05) is 45.4 Å². The van der Waals surface area contributed by atoms with Gasteiger partial charge in [0, 0.05) is 26.0 Å². The first-order chi connectivity index (χ1) is 16.3. The third-order valence-electron chi connectivity index (χ3n) is 7.90. The molecule has 1 heterocycles. The zero-order valence-corrected chi connectivity index (χ0v) is 23.8. The molecule has 2 aliphatic rings. The van der Waals surface area contributed by atoms with Gasteiger partial charge in [-0.25, -0.2) is 0 Å². The van der Waals surface area contributed by atoms with Gasteiger partial charge in [0.05, 0.1) is 17.7 Å². The molecule has 1 radical (unpaired) electrons. The number of aliphatic hydroxyl groups is 2. The second-order valence-corrected chi connectivity index (χ2v) is 11.0. The fraction of sp³-hybridized carbons (Fsp3) is 0.567. The van der Waals surface area contributed by atoms with Crippen LogP contribution >= 0.6 is 0 Å². The van der Waals surface area contributed by atoms with Crippen LogP contribution in [-0.2, 0) is 20.1 Å². The van der Waals surface area contributed by atoms with Crippen molar-refractivity contribution in [2.45, 2.75) is 72.0 Å². The molecular weight excluding hydrogens is 615 g/mol. The van der Waals surface area contributed by atoms with Crippen LogP contribution in [0.4, 0.5) is 0 Å². The van der Waals surface area contributed by atoms with E-state index in [0.29, 0.717) is 35.5 Å². The van der Waals surface area contributed by atoms with E-state index in [-0.39, 0.29) is 38.2 Å². The van der Waals surface area contributed by atoms with Crippen molar-refractivity contribution in [1.82, 2.24) is 4.98 Å². The van der Waals surface area contributed by atoms with Crippen molar-refractivity contribution in [3.8, 4) is 11.5 Å². The number of benzene rings is 2. The van der Waals surface area contributed by atoms with E-state index in [9.17, 15) is 10.2 Å². The van der Waals surface area contributed by atoms with E-state index in [1.807, 2.05) is 48.5 Å². The van der Waals surface area contributed by atoms with Crippen LogP contribution in [0.1, 0.15) is 59.8 Å². The molecule has 2 fully saturated rings. The number of hydrogen-bond donors (Lipinski definition) is 2. The third-order valence-corrected chi connectivity index (χ3v) is 7.90. The summed E-state index contributed by atoms with van der Waals surface area (Å²) in [7, 11) is 0. The Bertz CT molecular complexity index is 1000. The number of fused-ring (bicyclic) bond motifs is 2. The molecule has 4 unspecified atom stereocenters. The SMILES string of the molecule is CC(C)C[C@H]1CCC2CC[C@H](C(C)C)C(O)C2C1O.[Ir].[c-]1ccccc1-c1nc2ccccc2o1. The average molecular weight is 655 g/mol. The largest absolute Gasteiger partial charge is 0.481 e. The molecule has 5 rings (SSSR count). The minimum Gasteiger partial charge on any atom is -0.481 e. The number of hydrogen-bond acceptors (Lipinski definition) is 4. The molecule has 3 aromatic rings. The van der Waals surface area contributed by atoms with Gasteiger partial charge in [-0.05, 0) is 73.8 Å². The van der Waals surface area contributed by atoms with Crippen LogP contribution in [0.25, 0.3) is 22.6 Å². The molecule has 193 valence electrons. The molecule has 0 aliphatic heterocycles. The monoisotopic (exact) mass is 655 g/mol. The summed E-state index contributed by atoms with van der Waals surface area (Å²) in [5, 5.41) is 21.4. The predicted octanol–water partition coefficient (Wildman–Crippen LogP) is 6.76. The minimum absolute atomic E-state index is 0. The zero-order chi connectivity index (χ0) is 24.2. The smallest absolute Gasteiger partial charge is 0.141 e. The standard InChI is InChI=1S/C17H32O2.C13H8NO.Ir/c1-10(2)9-13-6-5-12-7-8-14(11(3)4)17(19)15(12)16(13)18;1-2-6-10(7-3-1)13-14-11-8-4-5-9-12(11)15-13;/h10-19H,5-9H2,1-4H3;1-6,8-9H;/q;-1;/t12?,13-,14-,15?,16?,17?;;/m1../s1. The summed E-state index contributed by atoms with van der Waals surface area (Å²) in [5.41, 5.74) is 2.57. The number of rotatable bonds is 4. The van der Waals surface area contributed by atoms with Gasteiger partial charge < -0.3 is 14.6 Å². The van der Waals surface area contributed by atoms with Crippen LogP contribution in [0.5, 0.6) is 0 Å². The van der Waals surface area contributed by atoms with Crippen LogP contribution in [0, 0.1) is 41.6 Å². The second-order valence-electron chi connectivity index (χ2n) is 11.0. The molecule has 0 bridgehead atoms. The van der Waals surface area contributed by atoms with E-state index in [4.69, 9.17) is 4.42 Å². The van der Waals surface area contributed by atoms with Gasteiger partial charge in [0.25, 0.3) is 0 Å². The molecule has 2 N–H and O–H groups in total. The van der Waals surface area contributed by atoms with Crippen molar-refractivity contribution >= 4 is 11.1 Å². The maximum atomic E-state index is 10.7. The van der Waals surface area contributed by atoms with E-state index >= 15 is 0 Å². The van der Waals surface area contributed by atoms with Crippen molar-refractivity contribution in [2.75, 3.05) is 0 Å². The molecule has 0 saturated heterocycles. The van der Waals surface area contributed by atoms with E-state index in [1.165, 1.54) is 12.8 Å². The van der Waals surface area contributed by atoms with Gasteiger partial charge in [-0.3, -0.25) is 4.98 Å². The van der Waals surface area contributed by atoms with Gasteiger partial charge >= 0.3 is 0 Å². The molecule has 5 heteroatoms. The molecule has 2 aliphatic carbocycles. The molecule has 0 amide bonds. The van der Waals surface area contributed by atoms with Gasteiger partial charge in [0.2, 0.25) is 0 Å². The minimum atomic E-state index is -0.288. The average Bonchev–Trinajstić information content (AvgIpc) is 3.26. The number of aromatic nitrogens is 1. The zero-order valence-electron chi connectivity index (χ0n) is 21.4. The van der Waals surface area contributed by atoms with Crippen molar-refractivity contribution in [1.29, 1.82) is 0 Å². The Labute approximate surface area is 223 Å². The molecule has 1 aromatic heterocycles. The Kier molecular flexibility index (Phi) is 10.1. The van der Waals surface area contributed by atoms with Crippen LogP contribution in [0.15, 0.2) is 52.9 Å². The van der Waals surface area contributed by atoms with E-state index in [0.717, 1.165) is 35.9 Å². The molecular formula is C30H40IrNO3-. The topological polar surface area (TPSA) is 66.5 Å². The Morgan fingerprint density at radius 1 is 0.943 bits per heavy atom. The van der Waals surface area contributed by atoms with Gasteiger partial charge in [0.15, 0.2) is 0 Å². The van der Waals surface area contributed by atoms with Crippen molar-refractivity contribution in [3.05, 3.63) is 54.6 Å². The van der Waals surface area contributed by atoms with Gasteiger partial charge in [-0.2, -0.15) is 0 Å². The Morgan fingerprint density at radius 3 is 2.31 bits per heavy atom. The Balaban J connectivity index is 0.000000194.